The minimum Gasteiger partial charge on any atom is -0.468 e. The molecule has 0 atom stereocenters. The minimum atomic E-state index is -4.39. The average molecular weight is 219 g/mol. The molecule has 0 fully saturated rings. The molecule has 0 radical (unpaired) electrons. The Labute approximate surface area is 83.9 Å². The lowest BCUT2D eigenvalue weighted by Gasteiger charge is -2.10. The summed E-state index contributed by atoms with van der Waals surface area (Å²) in [6.45, 7) is 0.132. The van der Waals surface area contributed by atoms with Gasteiger partial charge in [0.2, 0.25) is 5.88 Å². The molecular formula is C9H8F3NO2. The van der Waals surface area contributed by atoms with Gasteiger partial charge >= 0.3 is 6.18 Å². The number of aldehydes is 1. The van der Waals surface area contributed by atoms with Crippen molar-refractivity contribution in [1.29, 1.82) is 0 Å². The Morgan fingerprint density at radius 1 is 1.53 bits per heavy atom. The Kier molecular flexibility index (Phi) is 3.28. The standard InChI is InChI=1S/C9H8F3NO2/c1-6-2-7(4-14)3-13-8(6)15-5-9(10,11)12/h2-4H,5H2,1H3. The van der Waals surface area contributed by atoms with Crippen LogP contribution in [0.25, 0.3) is 0 Å². The highest BCUT2D eigenvalue weighted by atomic mass is 19.4. The van der Waals surface area contributed by atoms with Crippen molar-refractivity contribution in [2.75, 3.05) is 6.61 Å². The first-order valence-electron chi connectivity index (χ1n) is 4.04. The summed E-state index contributed by atoms with van der Waals surface area (Å²) in [4.78, 5) is 13.9. The van der Waals surface area contributed by atoms with E-state index in [1.807, 2.05) is 0 Å². The number of aryl methyl sites for hydroxylation is 1. The summed E-state index contributed by atoms with van der Waals surface area (Å²) in [5, 5.41) is 0. The van der Waals surface area contributed by atoms with Crippen LogP contribution in [0.4, 0.5) is 13.2 Å². The number of carbonyl (C=O) groups excluding carboxylic acids is 1. The number of aromatic nitrogens is 1. The van der Waals surface area contributed by atoms with Gasteiger partial charge in [-0.15, -0.1) is 0 Å². The molecule has 6 heteroatoms. The van der Waals surface area contributed by atoms with Crippen LogP contribution in [0, 0.1) is 6.92 Å². The lowest BCUT2D eigenvalue weighted by molar-refractivity contribution is -0.154. The molecule has 0 aromatic carbocycles. The van der Waals surface area contributed by atoms with Gasteiger partial charge in [0, 0.05) is 17.3 Å². The molecule has 3 nitrogen and oxygen atoms in total. The van der Waals surface area contributed by atoms with E-state index >= 15 is 0 Å². The lowest BCUT2D eigenvalue weighted by atomic mass is 10.2. The van der Waals surface area contributed by atoms with Gasteiger partial charge in [0.05, 0.1) is 0 Å². The Morgan fingerprint density at radius 3 is 2.67 bits per heavy atom. The van der Waals surface area contributed by atoms with Crippen molar-refractivity contribution in [3.8, 4) is 5.88 Å². The maximum Gasteiger partial charge on any atom is 0.422 e. The quantitative estimate of drug-likeness (QED) is 0.731. The third-order valence-electron chi connectivity index (χ3n) is 1.56. The number of alkyl halides is 3. The number of halogens is 3. The number of hydrogen-bond acceptors (Lipinski definition) is 3. The maximum absolute atomic E-state index is 11.8. The summed E-state index contributed by atoms with van der Waals surface area (Å²) in [7, 11) is 0. The summed E-state index contributed by atoms with van der Waals surface area (Å²) in [6, 6.07) is 1.41. The molecule has 0 aliphatic rings. The molecule has 0 bridgehead atoms. The zero-order chi connectivity index (χ0) is 11.5. The first kappa shape index (κ1) is 11.5. The highest BCUT2D eigenvalue weighted by Gasteiger charge is 2.28. The normalized spacial score (nSPS) is 11.2. The van der Waals surface area contributed by atoms with E-state index in [0.717, 1.165) is 6.20 Å². The number of hydrogen-bond donors (Lipinski definition) is 0. The fourth-order valence-corrected chi connectivity index (χ4v) is 0.950. The van der Waals surface area contributed by atoms with Crippen LogP contribution in [-0.4, -0.2) is 24.1 Å². The number of carbonyl (C=O) groups is 1. The molecule has 1 aromatic heterocycles. The second-order valence-corrected chi connectivity index (χ2v) is 2.91. The molecular weight excluding hydrogens is 211 g/mol. The van der Waals surface area contributed by atoms with Gasteiger partial charge < -0.3 is 4.74 Å². The van der Waals surface area contributed by atoms with Crippen molar-refractivity contribution in [3.63, 3.8) is 0 Å². The van der Waals surface area contributed by atoms with Crippen molar-refractivity contribution < 1.29 is 22.7 Å². The van der Waals surface area contributed by atoms with E-state index in [1.165, 1.54) is 13.0 Å². The van der Waals surface area contributed by atoms with E-state index in [1.54, 1.807) is 0 Å². The van der Waals surface area contributed by atoms with E-state index in [4.69, 9.17) is 0 Å². The summed E-state index contributed by atoms with van der Waals surface area (Å²) < 4.78 is 39.9. The summed E-state index contributed by atoms with van der Waals surface area (Å²) in [6.07, 6.45) is -2.67. The highest BCUT2D eigenvalue weighted by Crippen LogP contribution is 2.19. The van der Waals surface area contributed by atoms with Crippen LogP contribution in [0.3, 0.4) is 0 Å². The monoisotopic (exact) mass is 219 g/mol. The molecule has 0 unspecified atom stereocenters. The van der Waals surface area contributed by atoms with Crippen LogP contribution in [0.5, 0.6) is 5.88 Å². The van der Waals surface area contributed by atoms with Crippen LogP contribution in [-0.2, 0) is 0 Å². The van der Waals surface area contributed by atoms with Crippen LogP contribution >= 0.6 is 0 Å². The first-order valence-corrected chi connectivity index (χ1v) is 4.04. The van der Waals surface area contributed by atoms with E-state index in [-0.39, 0.29) is 5.88 Å². The number of rotatable bonds is 3. The van der Waals surface area contributed by atoms with Gasteiger partial charge in [-0.2, -0.15) is 13.2 Å². The number of ether oxygens (including phenoxy) is 1. The molecule has 0 saturated heterocycles. The van der Waals surface area contributed by atoms with Gasteiger partial charge in [-0.1, -0.05) is 0 Å². The van der Waals surface area contributed by atoms with E-state index < -0.39 is 12.8 Å². The minimum absolute atomic E-state index is 0.113. The number of nitrogens with zero attached hydrogens (tertiary/aromatic N) is 1. The fraction of sp³-hybridized carbons (Fsp3) is 0.333. The number of pyridine rings is 1. The molecule has 0 spiro atoms. The van der Waals surface area contributed by atoms with E-state index in [0.29, 0.717) is 17.4 Å². The Morgan fingerprint density at radius 2 is 2.20 bits per heavy atom. The van der Waals surface area contributed by atoms with Crippen molar-refractivity contribution in [2.24, 2.45) is 0 Å². The largest absolute Gasteiger partial charge is 0.468 e. The van der Waals surface area contributed by atoms with Crippen molar-refractivity contribution in [2.45, 2.75) is 13.1 Å². The molecule has 0 aliphatic heterocycles. The SMILES string of the molecule is Cc1cc(C=O)cnc1OCC(F)(F)F. The van der Waals surface area contributed by atoms with Gasteiger partial charge in [0.25, 0.3) is 0 Å². The Balaban J connectivity index is 2.74. The van der Waals surface area contributed by atoms with Gasteiger partial charge in [-0.05, 0) is 13.0 Å². The van der Waals surface area contributed by atoms with Gasteiger partial charge in [0.1, 0.15) is 0 Å². The second-order valence-electron chi connectivity index (χ2n) is 2.91. The molecule has 1 rings (SSSR count). The predicted octanol–water partition coefficient (Wildman–Crippen LogP) is 2.14. The molecule has 0 N–H and O–H groups in total. The fourth-order valence-electron chi connectivity index (χ4n) is 0.950. The van der Waals surface area contributed by atoms with E-state index in [2.05, 4.69) is 9.72 Å². The summed E-state index contributed by atoms with van der Waals surface area (Å²) in [5.41, 5.74) is 0.690. The zero-order valence-electron chi connectivity index (χ0n) is 7.84. The van der Waals surface area contributed by atoms with Crippen LogP contribution in [0.2, 0.25) is 0 Å². The van der Waals surface area contributed by atoms with Crippen LogP contribution in [0.1, 0.15) is 15.9 Å². The highest BCUT2D eigenvalue weighted by molar-refractivity contribution is 5.74. The van der Waals surface area contributed by atoms with Crippen LogP contribution < -0.4 is 4.74 Å². The summed E-state index contributed by atoms with van der Waals surface area (Å²) in [5.74, 6) is -0.113. The summed E-state index contributed by atoms with van der Waals surface area (Å²) >= 11 is 0. The zero-order valence-corrected chi connectivity index (χ0v) is 7.84. The molecule has 1 aromatic rings. The molecule has 0 amide bonds. The van der Waals surface area contributed by atoms with E-state index in [9.17, 15) is 18.0 Å². The first-order chi connectivity index (χ1) is 6.92. The average Bonchev–Trinajstić information content (AvgIpc) is 2.14. The third-order valence-corrected chi connectivity index (χ3v) is 1.56. The smallest absolute Gasteiger partial charge is 0.422 e. The van der Waals surface area contributed by atoms with Crippen molar-refractivity contribution >= 4 is 6.29 Å². The molecule has 0 aliphatic carbocycles. The predicted molar refractivity (Wildman–Crippen MR) is 45.9 cm³/mol. The van der Waals surface area contributed by atoms with Crippen molar-refractivity contribution in [3.05, 3.63) is 23.4 Å². The second kappa shape index (κ2) is 4.29. The van der Waals surface area contributed by atoms with Gasteiger partial charge in [-0.25, -0.2) is 4.98 Å². The topological polar surface area (TPSA) is 39.2 Å². The van der Waals surface area contributed by atoms with Crippen molar-refractivity contribution in [1.82, 2.24) is 4.98 Å². The maximum atomic E-state index is 11.8. The molecule has 82 valence electrons. The Hall–Kier alpha value is -1.59. The molecule has 15 heavy (non-hydrogen) atoms. The third kappa shape index (κ3) is 3.57. The molecule has 1 heterocycles. The van der Waals surface area contributed by atoms with Gasteiger partial charge in [0.15, 0.2) is 12.9 Å². The molecule has 0 saturated carbocycles. The van der Waals surface area contributed by atoms with Gasteiger partial charge in [-0.3, -0.25) is 4.79 Å². The lowest BCUT2D eigenvalue weighted by Crippen LogP contribution is -2.20. The van der Waals surface area contributed by atoms with Crippen LogP contribution in [0.15, 0.2) is 12.3 Å². The Bertz CT molecular complexity index is 363.